The van der Waals surface area contributed by atoms with Gasteiger partial charge in [0.1, 0.15) is 4.90 Å². The highest BCUT2D eigenvalue weighted by Gasteiger charge is 2.32. The second kappa shape index (κ2) is 5.35. The molecule has 100 valence electrons. The molecular formula is C11H14Cl2N2O2S. The quantitative estimate of drug-likeness (QED) is 0.910. The van der Waals surface area contributed by atoms with E-state index < -0.39 is 10.0 Å². The average Bonchev–Trinajstić information content (AvgIpc) is 2.28. The second-order valence-electron chi connectivity index (χ2n) is 4.32. The topological polar surface area (TPSA) is 63.4 Å². The molecule has 0 aromatic heterocycles. The van der Waals surface area contributed by atoms with Crippen LogP contribution in [-0.2, 0) is 10.0 Å². The van der Waals surface area contributed by atoms with E-state index in [1.165, 1.54) is 16.4 Å². The molecule has 2 rings (SSSR count). The zero-order chi connectivity index (χ0) is 13.3. The van der Waals surface area contributed by atoms with Crippen molar-refractivity contribution in [1.82, 2.24) is 4.31 Å². The van der Waals surface area contributed by atoms with Gasteiger partial charge in [-0.2, -0.15) is 4.31 Å². The summed E-state index contributed by atoms with van der Waals surface area (Å²) in [6.45, 7) is 0.765. The molecule has 7 heteroatoms. The summed E-state index contributed by atoms with van der Waals surface area (Å²) in [5.74, 6) is 0. The van der Waals surface area contributed by atoms with Crippen LogP contribution in [0.25, 0.3) is 0 Å². The van der Waals surface area contributed by atoms with Crippen LogP contribution in [0.4, 0.5) is 0 Å². The number of nitrogens with zero attached hydrogens (tertiary/aromatic N) is 1. The van der Waals surface area contributed by atoms with Gasteiger partial charge in [0.05, 0.1) is 10.0 Å². The number of benzene rings is 1. The molecule has 1 saturated heterocycles. The van der Waals surface area contributed by atoms with Gasteiger partial charge in [-0.1, -0.05) is 29.3 Å². The number of hydrogen-bond donors (Lipinski definition) is 1. The monoisotopic (exact) mass is 308 g/mol. The summed E-state index contributed by atoms with van der Waals surface area (Å²) in [7, 11) is -3.67. The zero-order valence-electron chi connectivity index (χ0n) is 9.64. The lowest BCUT2D eigenvalue weighted by molar-refractivity contribution is 0.316. The van der Waals surface area contributed by atoms with Crippen LogP contribution in [-0.4, -0.2) is 31.9 Å². The van der Waals surface area contributed by atoms with Crippen LogP contribution < -0.4 is 5.73 Å². The third kappa shape index (κ3) is 2.65. The fourth-order valence-electron chi connectivity index (χ4n) is 2.05. The molecule has 0 aliphatic carbocycles. The van der Waals surface area contributed by atoms with Gasteiger partial charge in [0.2, 0.25) is 10.0 Å². The van der Waals surface area contributed by atoms with Crippen LogP contribution in [0.3, 0.4) is 0 Å². The van der Waals surface area contributed by atoms with Gasteiger partial charge in [-0.05, 0) is 25.0 Å². The molecule has 1 aliphatic rings. The van der Waals surface area contributed by atoms with Crippen molar-refractivity contribution in [2.75, 3.05) is 13.1 Å². The van der Waals surface area contributed by atoms with Crippen molar-refractivity contribution in [3.05, 3.63) is 28.2 Å². The molecule has 4 nitrogen and oxygen atoms in total. The van der Waals surface area contributed by atoms with E-state index in [1.807, 2.05) is 0 Å². The van der Waals surface area contributed by atoms with E-state index in [1.54, 1.807) is 6.07 Å². The maximum absolute atomic E-state index is 12.5. The number of halogens is 2. The average molecular weight is 309 g/mol. The Bertz CT molecular complexity index is 528. The first-order valence-electron chi connectivity index (χ1n) is 5.62. The van der Waals surface area contributed by atoms with Crippen molar-refractivity contribution in [1.29, 1.82) is 0 Å². The molecule has 0 unspecified atom stereocenters. The summed E-state index contributed by atoms with van der Waals surface area (Å²) in [4.78, 5) is -0.0255. The molecule has 0 spiro atoms. The SMILES string of the molecule is N[C@@H]1CCCN(S(=O)(=O)c2c(Cl)cccc2Cl)C1. The molecule has 0 radical (unpaired) electrons. The van der Waals surface area contributed by atoms with Crippen LogP contribution in [0.15, 0.2) is 23.1 Å². The summed E-state index contributed by atoms with van der Waals surface area (Å²) in [5.41, 5.74) is 5.80. The number of rotatable bonds is 2. The second-order valence-corrected chi connectivity index (χ2v) is 7.01. The Kier molecular flexibility index (Phi) is 4.18. The first-order chi connectivity index (χ1) is 8.43. The predicted octanol–water partition coefficient (Wildman–Crippen LogP) is 2.11. The number of piperidine rings is 1. The molecule has 1 aliphatic heterocycles. The zero-order valence-corrected chi connectivity index (χ0v) is 12.0. The largest absolute Gasteiger partial charge is 0.327 e. The van der Waals surface area contributed by atoms with Gasteiger partial charge in [-0.3, -0.25) is 0 Å². The van der Waals surface area contributed by atoms with Gasteiger partial charge < -0.3 is 5.73 Å². The molecule has 2 N–H and O–H groups in total. The van der Waals surface area contributed by atoms with Gasteiger partial charge in [0.15, 0.2) is 0 Å². The number of hydrogen-bond acceptors (Lipinski definition) is 3. The van der Waals surface area contributed by atoms with Crippen LogP contribution in [0.1, 0.15) is 12.8 Å². The summed E-state index contributed by atoms with van der Waals surface area (Å²) in [6.07, 6.45) is 1.59. The Labute approximate surface area is 117 Å². The Morgan fingerprint density at radius 2 is 1.89 bits per heavy atom. The highest BCUT2D eigenvalue weighted by atomic mass is 35.5. The minimum atomic E-state index is -3.67. The lowest BCUT2D eigenvalue weighted by Gasteiger charge is -2.30. The third-order valence-corrected chi connectivity index (χ3v) is 5.76. The first kappa shape index (κ1) is 14.1. The molecule has 1 aromatic rings. The van der Waals surface area contributed by atoms with E-state index in [-0.39, 0.29) is 21.0 Å². The van der Waals surface area contributed by atoms with E-state index in [0.29, 0.717) is 13.1 Å². The van der Waals surface area contributed by atoms with E-state index >= 15 is 0 Å². The van der Waals surface area contributed by atoms with Gasteiger partial charge in [-0.25, -0.2) is 8.42 Å². The molecule has 0 bridgehead atoms. The molecule has 1 aromatic carbocycles. The summed E-state index contributed by atoms with van der Waals surface area (Å²) < 4.78 is 26.3. The lowest BCUT2D eigenvalue weighted by Crippen LogP contribution is -2.45. The molecule has 1 heterocycles. The summed E-state index contributed by atoms with van der Waals surface area (Å²) in [5, 5.41) is 0.281. The van der Waals surface area contributed by atoms with Crippen LogP contribution in [0.2, 0.25) is 10.0 Å². The van der Waals surface area contributed by atoms with E-state index in [0.717, 1.165) is 12.8 Å². The van der Waals surface area contributed by atoms with Crippen LogP contribution in [0, 0.1) is 0 Å². The highest BCUT2D eigenvalue weighted by Crippen LogP contribution is 2.32. The molecule has 1 atom stereocenters. The summed E-state index contributed by atoms with van der Waals surface area (Å²) >= 11 is 11.9. The Morgan fingerprint density at radius 1 is 1.28 bits per heavy atom. The van der Waals surface area contributed by atoms with Crippen molar-refractivity contribution in [2.24, 2.45) is 5.73 Å². The standard InChI is InChI=1S/C11H14Cl2N2O2S/c12-9-4-1-5-10(13)11(9)18(16,17)15-6-2-3-8(14)7-15/h1,4-5,8H,2-3,6-7,14H2/t8-/m1/s1. The fraction of sp³-hybridized carbons (Fsp3) is 0.455. The third-order valence-electron chi connectivity index (χ3n) is 2.94. The highest BCUT2D eigenvalue weighted by molar-refractivity contribution is 7.89. The van der Waals surface area contributed by atoms with Crippen molar-refractivity contribution in [3.63, 3.8) is 0 Å². The molecule has 0 amide bonds. The van der Waals surface area contributed by atoms with Crippen molar-refractivity contribution in [3.8, 4) is 0 Å². The first-order valence-corrected chi connectivity index (χ1v) is 7.82. The smallest absolute Gasteiger partial charge is 0.246 e. The van der Waals surface area contributed by atoms with E-state index in [9.17, 15) is 8.42 Å². The Morgan fingerprint density at radius 3 is 2.44 bits per heavy atom. The minimum absolute atomic E-state index is 0.0255. The number of nitrogens with two attached hydrogens (primary N) is 1. The molecular weight excluding hydrogens is 295 g/mol. The van der Waals surface area contributed by atoms with Gasteiger partial charge in [0.25, 0.3) is 0 Å². The van der Waals surface area contributed by atoms with Gasteiger partial charge >= 0.3 is 0 Å². The van der Waals surface area contributed by atoms with Gasteiger partial charge in [0, 0.05) is 19.1 Å². The molecule has 1 fully saturated rings. The Hall–Kier alpha value is -0.330. The van der Waals surface area contributed by atoms with Crippen molar-refractivity contribution < 1.29 is 8.42 Å². The van der Waals surface area contributed by atoms with Crippen LogP contribution >= 0.6 is 23.2 Å². The minimum Gasteiger partial charge on any atom is -0.327 e. The molecule has 18 heavy (non-hydrogen) atoms. The molecule has 0 saturated carbocycles. The van der Waals surface area contributed by atoms with Crippen LogP contribution in [0.5, 0.6) is 0 Å². The summed E-state index contributed by atoms with van der Waals surface area (Å²) in [6, 6.07) is 4.52. The Balaban J connectivity index is 2.42. The van der Waals surface area contributed by atoms with E-state index in [2.05, 4.69) is 0 Å². The lowest BCUT2D eigenvalue weighted by atomic mass is 10.1. The van der Waals surface area contributed by atoms with Crippen molar-refractivity contribution in [2.45, 2.75) is 23.8 Å². The predicted molar refractivity (Wildman–Crippen MR) is 72.4 cm³/mol. The maximum Gasteiger partial charge on any atom is 0.246 e. The fourth-order valence-corrected chi connectivity index (χ4v) is 4.68. The maximum atomic E-state index is 12.5. The normalized spacial score (nSPS) is 22.1. The van der Waals surface area contributed by atoms with Gasteiger partial charge in [-0.15, -0.1) is 0 Å². The van der Waals surface area contributed by atoms with E-state index in [4.69, 9.17) is 28.9 Å². The van der Waals surface area contributed by atoms with Crippen molar-refractivity contribution >= 4 is 33.2 Å². The number of sulfonamides is 1.